The summed E-state index contributed by atoms with van der Waals surface area (Å²) in [5.41, 5.74) is 2.79. The van der Waals surface area contributed by atoms with Gasteiger partial charge in [0.2, 0.25) is 0 Å². The normalized spacial score (nSPS) is 16.7. The number of nitrogens with two attached hydrogens (primary N) is 1. The number of rotatable bonds is 4. The van der Waals surface area contributed by atoms with Gasteiger partial charge in [0.25, 0.3) is 5.91 Å². The molecule has 0 fully saturated rings. The van der Waals surface area contributed by atoms with Gasteiger partial charge in [-0.15, -0.1) is 11.3 Å². The van der Waals surface area contributed by atoms with Gasteiger partial charge in [0.1, 0.15) is 10.5 Å². The average Bonchev–Trinajstić information content (AvgIpc) is 2.98. The van der Waals surface area contributed by atoms with E-state index in [1.807, 2.05) is 31.1 Å². The molecule has 3 rings (SSSR count). The maximum absolute atomic E-state index is 12.9. The summed E-state index contributed by atoms with van der Waals surface area (Å²) in [6, 6.07) is 7.37. The molecule has 0 spiro atoms. The Labute approximate surface area is 176 Å². The van der Waals surface area contributed by atoms with Crippen LogP contribution in [0.4, 0.5) is 10.7 Å². The number of quaternary nitrogens is 1. The van der Waals surface area contributed by atoms with Crippen molar-refractivity contribution in [2.45, 2.75) is 45.2 Å². The fourth-order valence-electron chi connectivity index (χ4n) is 4.20. The van der Waals surface area contributed by atoms with Crippen molar-refractivity contribution in [1.82, 2.24) is 0 Å². The number of fused-ring (bicyclic) bond motifs is 1. The number of nitrogens with zero attached hydrogens (tertiary/aromatic N) is 1. The molecule has 1 aromatic carbocycles. The summed E-state index contributed by atoms with van der Waals surface area (Å²) in [6.07, 6.45) is 0.736. The first-order valence-corrected chi connectivity index (χ1v) is 10.5. The third-order valence-corrected chi connectivity index (χ3v) is 6.73. The molecule has 0 saturated carbocycles. The number of amides is 1. The van der Waals surface area contributed by atoms with Crippen LogP contribution in [-0.2, 0) is 16.7 Å². The number of hydrogen-bond acceptors (Lipinski definition) is 5. The van der Waals surface area contributed by atoms with Crippen molar-refractivity contribution in [1.29, 1.82) is 0 Å². The van der Waals surface area contributed by atoms with Gasteiger partial charge in [0.15, 0.2) is 0 Å². The topological polar surface area (TPSA) is 75.2 Å². The van der Waals surface area contributed by atoms with E-state index < -0.39 is 5.97 Å². The highest BCUT2D eigenvalue weighted by atomic mass is 32.1. The first kappa shape index (κ1) is 21.3. The molecule has 7 heteroatoms. The molecule has 0 saturated heterocycles. The molecule has 1 aliphatic rings. The van der Waals surface area contributed by atoms with Crippen LogP contribution in [0.2, 0.25) is 0 Å². The lowest BCUT2D eigenvalue weighted by atomic mass is 9.81. The third kappa shape index (κ3) is 4.16. The molecule has 6 nitrogen and oxygen atoms in total. The van der Waals surface area contributed by atoms with Crippen molar-refractivity contribution < 1.29 is 19.6 Å². The quantitative estimate of drug-likeness (QED) is 0.752. The fourth-order valence-corrected chi connectivity index (χ4v) is 5.47. The van der Waals surface area contributed by atoms with Crippen molar-refractivity contribution in [2.24, 2.45) is 0 Å². The monoisotopic (exact) mass is 416 g/mol. The highest BCUT2D eigenvalue weighted by molar-refractivity contribution is 7.17. The van der Waals surface area contributed by atoms with Gasteiger partial charge in [-0.1, -0.05) is 0 Å². The number of ether oxygens (including phenoxy) is 1. The van der Waals surface area contributed by atoms with Crippen LogP contribution in [0.15, 0.2) is 24.3 Å². The van der Waals surface area contributed by atoms with Gasteiger partial charge < -0.3 is 20.3 Å². The summed E-state index contributed by atoms with van der Waals surface area (Å²) in [4.78, 5) is 28.6. The zero-order valence-electron chi connectivity index (χ0n) is 18.2. The Morgan fingerprint density at radius 3 is 2.31 bits per heavy atom. The number of carbonyl (C=O) groups is 2. The van der Waals surface area contributed by atoms with Crippen molar-refractivity contribution in [3.63, 3.8) is 0 Å². The van der Waals surface area contributed by atoms with Gasteiger partial charge in [-0.05, 0) is 57.5 Å². The Morgan fingerprint density at radius 2 is 1.76 bits per heavy atom. The van der Waals surface area contributed by atoms with E-state index in [9.17, 15) is 9.59 Å². The largest absolute Gasteiger partial charge is 0.465 e. The van der Waals surface area contributed by atoms with Crippen LogP contribution in [0, 0.1) is 0 Å². The van der Waals surface area contributed by atoms with Gasteiger partial charge in [-0.3, -0.25) is 4.79 Å². The summed E-state index contributed by atoms with van der Waals surface area (Å²) in [5, 5.41) is 5.85. The van der Waals surface area contributed by atoms with Gasteiger partial charge >= 0.3 is 5.97 Å². The second-order valence-electron chi connectivity index (χ2n) is 9.03. The van der Waals surface area contributed by atoms with Crippen LogP contribution in [0.3, 0.4) is 0 Å². The molecule has 0 aliphatic carbocycles. The Bertz CT molecular complexity index is 943. The predicted octanol–water partition coefficient (Wildman–Crippen LogP) is 2.99. The molecule has 2 heterocycles. The summed E-state index contributed by atoms with van der Waals surface area (Å²) >= 11 is 1.47. The second-order valence-corrected chi connectivity index (χ2v) is 10.1. The second kappa shape index (κ2) is 7.46. The van der Waals surface area contributed by atoms with E-state index in [4.69, 9.17) is 4.74 Å². The number of thiophene rings is 1. The van der Waals surface area contributed by atoms with Gasteiger partial charge in [0.05, 0.1) is 23.1 Å². The summed E-state index contributed by atoms with van der Waals surface area (Å²) in [6.45, 7) is 8.63. The van der Waals surface area contributed by atoms with Crippen molar-refractivity contribution >= 4 is 33.9 Å². The standard InChI is InChI=1S/C22H29N3O3S/c1-21(2)12-15-16(20(27)28-7)19(29-17(15)22(3,4)24-21)23-18(26)13-8-10-14(11-9-13)25(5)6/h8-11,24H,12H2,1-7H3,(H,23,26)/p+1. The molecule has 1 amide bonds. The lowest BCUT2D eigenvalue weighted by Crippen LogP contribution is -3.03. The zero-order valence-corrected chi connectivity index (χ0v) is 19.0. The fraction of sp³-hybridized carbons (Fsp3) is 0.455. The van der Waals surface area contributed by atoms with Crippen molar-refractivity contribution in [3.8, 4) is 0 Å². The molecule has 29 heavy (non-hydrogen) atoms. The highest BCUT2D eigenvalue weighted by Crippen LogP contribution is 2.42. The molecule has 1 aliphatic heterocycles. The molecular weight excluding hydrogens is 386 g/mol. The van der Waals surface area contributed by atoms with Crippen LogP contribution in [0.25, 0.3) is 0 Å². The van der Waals surface area contributed by atoms with E-state index in [0.29, 0.717) is 16.1 Å². The van der Waals surface area contributed by atoms with Gasteiger partial charge in [-0.25, -0.2) is 4.79 Å². The van der Waals surface area contributed by atoms with E-state index >= 15 is 0 Å². The van der Waals surface area contributed by atoms with Gasteiger partial charge in [-0.2, -0.15) is 0 Å². The summed E-state index contributed by atoms with van der Waals surface area (Å²) in [7, 11) is 5.28. The first-order valence-electron chi connectivity index (χ1n) is 9.65. The van der Waals surface area contributed by atoms with E-state index in [1.165, 1.54) is 18.4 Å². The molecule has 0 atom stereocenters. The molecule has 1 aromatic heterocycles. The van der Waals surface area contributed by atoms with E-state index in [-0.39, 0.29) is 17.0 Å². The molecule has 0 radical (unpaired) electrons. The number of carbonyl (C=O) groups excluding carboxylic acids is 2. The Kier molecular flexibility index (Phi) is 5.49. The molecule has 2 aromatic rings. The Morgan fingerprint density at radius 1 is 1.14 bits per heavy atom. The molecule has 0 bridgehead atoms. The van der Waals surface area contributed by atoms with E-state index in [0.717, 1.165) is 22.5 Å². The van der Waals surface area contributed by atoms with Crippen LogP contribution in [0.1, 0.15) is 58.9 Å². The summed E-state index contributed by atoms with van der Waals surface area (Å²) in [5.74, 6) is -0.644. The lowest BCUT2D eigenvalue weighted by molar-refractivity contribution is -0.789. The van der Waals surface area contributed by atoms with Crippen LogP contribution < -0.4 is 15.5 Å². The average molecular weight is 417 g/mol. The minimum Gasteiger partial charge on any atom is -0.465 e. The van der Waals surface area contributed by atoms with Crippen LogP contribution >= 0.6 is 11.3 Å². The van der Waals surface area contributed by atoms with Crippen LogP contribution in [-0.4, -0.2) is 38.6 Å². The smallest absolute Gasteiger partial charge is 0.341 e. The minimum atomic E-state index is -0.408. The SMILES string of the molecule is COC(=O)c1c(NC(=O)c2ccc(N(C)C)cc2)sc2c1CC(C)(C)[NH2+]C2(C)C. The molecule has 0 unspecified atom stereocenters. The Balaban J connectivity index is 2.00. The van der Waals surface area contributed by atoms with Crippen LogP contribution in [0.5, 0.6) is 0 Å². The van der Waals surface area contributed by atoms with E-state index in [1.54, 1.807) is 12.1 Å². The first-order chi connectivity index (χ1) is 13.4. The Hall–Kier alpha value is -2.38. The number of anilines is 2. The summed E-state index contributed by atoms with van der Waals surface area (Å²) < 4.78 is 5.07. The maximum atomic E-state index is 12.9. The molecule has 156 valence electrons. The maximum Gasteiger partial charge on any atom is 0.341 e. The van der Waals surface area contributed by atoms with Gasteiger partial charge in [0, 0.05) is 31.8 Å². The minimum absolute atomic E-state index is 0.0520. The number of benzene rings is 1. The lowest BCUT2D eigenvalue weighted by Gasteiger charge is -2.38. The number of esters is 1. The highest BCUT2D eigenvalue weighted by Gasteiger charge is 2.45. The zero-order chi connectivity index (χ0) is 21.6. The molecular formula is C22H30N3O3S+. The predicted molar refractivity (Wildman–Crippen MR) is 117 cm³/mol. The number of hydrogen-bond donors (Lipinski definition) is 2. The van der Waals surface area contributed by atoms with E-state index in [2.05, 4.69) is 38.3 Å². The van der Waals surface area contributed by atoms with Crippen molar-refractivity contribution in [2.75, 3.05) is 31.4 Å². The molecule has 3 N–H and O–H groups in total. The number of methoxy groups -OCH3 is 1. The number of nitrogens with one attached hydrogen (secondary N) is 1. The third-order valence-electron chi connectivity index (χ3n) is 5.24. The van der Waals surface area contributed by atoms with Crippen molar-refractivity contribution in [3.05, 3.63) is 45.8 Å².